The molecule has 2 aromatic rings. The maximum Gasteiger partial charge on any atom is 0.314 e. The van der Waals surface area contributed by atoms with Crippen molar-refractivity contribution in [3.63, 3.8) is 0 Å². The van der Waals surface area contributed by atoms with Crippen molar-refractivity contribution < 1.29 is 19.0 Å². The summed E-state index contributed by atoms with van der Waals surface area (Å²) in [5.41, 5.74) is 4.24. The summed E-state index contributed by atoms with van der Waals surface area (Å²) < 4.78 is 16.0. The molecule has 2 N–H and O–H groups in total. The SMILES string of the molecule is COc1ccccc1NC(=S)N/N=C\c1ccc(OC(=O)C2CC2)c(OC)c1. The van der Waals surface area contributed by atoms with Crippen molar-refractivity contribution in [3.05, 3.63) is 48.0 Å². The average molecular weight is 399 g/mol. The first-order valence-electron chi connectivity index (χ1n) is 8.73. The number of benzene rings is 2. The third-order valence-corrected chi connectivity index (χ3v) is 4.24. The number of hydrogen-bond acceptors (Lipinski definition) is 6. The van der Waals surface area contributed by atoms with Gasteiger partial charge in [-0.25, -0.2) is 0 Å². The lowest BCUT2D eigenvalue weighted by molar-refractivity contribution is -0.135. The highest BCUT2D eigenvalue weighted by Gasteiger charge is 2.32. The molecule has 0 atom stereocenters. The highest BCUT2D eigenvalue weighted by molar-refractivity contribution is 7.80. The van der Waals surface area contributed by atoms with Crippen LogP contribution in [0.25, 0.3) is 0 Å². The van der Waals surface area contributed by atoms with Gasteiger partial charge in [0.15, 0.2) is 16.6 Å². The predicted octanol–water partition coefficient (Wildman–Crippen LogP) is 3.34. The van der Waals surface area contributed by atoms with Gasteiger partial charge in [0.1, 0.15) is 5.75 Å². The third-order valence-electron chi connectivity index (χ3n) is 4.04. The number of esters is 1. The summed E-state index contributed by atoms with van der Waals surface area (Å²) in [7, 11) is 3.11. The van der Waals surface area contributed by atoms with Crippen LogP contribution in [0.4, 0.5) is 5.69 Å². The van der Waals surface area contributed by atoms with E-state index in [1.54, 1.807) is 31.5 Å². The molecular formula is C20H21N3O4S. The Hall–Kier alpha value is -3.13. The van der Waals surface area contributed by atoms with Crippen LogP contribution >= 0.6 is 12.2 Å². The molecule has 0 saturated heterocycles. The second-order valence-corrected chi connectivity index (χ2v) is 6.54. The molecule has 0 aliphatic heterocycles. The van der Waals surface area contributed by atoms with Gasteiger partial charge in [0.2, 0.25) is 0 Å². The summed E-state index contributed by atoms with van der Waals surface area (Å²) in [6.07, 6.45) is 3.37. The minimum atomic E-state index is -0.214. The first-order valence-corrected chi connectivity index (χ1v) is 9.14. The van der Waals surface area contributed by atoms with Gasteiger partial charge >= 0.3 is 5.97 Å². The van der Waals surface area contributed by atoms with Crippen LogP contribution in [-0.2, 0) is 4.79 Å². The molecule has 0 spiro atoms. The monoisotopic (exact) mass is 399 g/mol. The molecule has 0 radical (unpaired) electrons. The van der Waals surface area contributed by atoms with Crippen molar-refractivity contribution in [3.8, 4) is 17.2 Å². The first-order chi connectivity index (χ1) is 13.6. The van der Waals surface area contributed by atoms with Crippen LogP contribution in [0.15, 0.2) is 47.6 Å². The maximum atomic E-state index is 11.8. The number of hydrazone groups is 1. The Morgan fingerprint density at radius 2 is 1.86 bits per heavy atom. The fourth-order valence-electron chi connectivity index (χ4n) is 2.42. The number of rotatable bonds is 7. The number of methoxy groups -OCH3 is 2. The van der Waals surface area contributed by atoms with Crippen LogP contribution in [0, 0.1) is 5.92 Å². The van der Waals surface area contributed by atoms with E-state index in [-0.39, 0.29) is 11.9 Å². The molecule has 7 nitrogen and oxygen atoms in total. The minimum Gasteiger partial charge on any atom is -0.495 e. The summed E-state index contributed by atoms with van der Waals surface area (Å²) in [5, 5.41) is 7.45. The van der Waals surface area contributed by atoms with E-state index in [4.69, 9.17) is 26.4 Å². The van der Waals surface area contributed by atoms with Crippen LogP contribution in [0.5, 0.6) is 17.2 Å². The predicted molar refractivity (Wildman–Crippen MR) is 111 cm³/mol. The number of carbonyl (C=O) groups is 1. The second-order valence-electron chi connectivity index (χ2n) is 6.13. The molecule has 1 saturated carbocycles. The molecular weight excluding hydrogens is 378 g/mol. The van der Waals surface area contributed by atoms with Gasteiger partial charge in [0.05, 0.1) is 32.0 Å². The molecule has 0 amide bonds. The van der Waals surface area contributed by atoms with Crippen LogP contribution in [0.2, 0.25) is 0 Å². The molecule has 28 heavy (non-hydrogen) atoms. The van der Waals surface area contributed by atoms with Crippen LogP contribution in [0.3, 0.4) is 0 Å². The van der Waals surface area contributed by atoms with E-state index in [1.165, 1.54) is 7.11 Å². The molecule has 146 valence electrons. The normalized spacial score (nSPS) is 13.1. The molecule has 1 fully saturated rings. The van der Waals surface area contributed by atoms with Gasteiger partial charge in [-0.1, -0.05) is 12.1 Å². The quantitative estimate of drug-likeness (QED) is 0.243. The number of carbonyl (C=O) groups excluding carboxylic acids is 1. The Labute approximate surface area is 168 Å². The zero-order valence-electron chi connectivity index (χ0n) is 15.6. The number of hydrogen-bond donors (Lipinski definition) is 2. The molecule has 1 aliphatic rings. The van der Waals surface area contributed by atoms with E-state index < -0.39 is 0 Å². The Morgan fingerprint density at radius 3 is 2.57 bits per heavy atom. The molecule has 3 rings (SSSR count). The number of nitrogens with one attached hydrogen (secondary N) is 2. The summed E-state index contributed by atoms with van der Waals surface area (Å²) in [5.74, 6) is 1.35. The Morgan fingerprint density at radius 1 is 1.11 bits per heavy atom. The van der Waals surface area contributed by atoms with E-state index >= 15 is 0 Å². The fourth-order valence-corrected chi connectivity index (χ4v) is 2.59. The third kappa shape index (κ3) is 5.20. The van der Waals surface area contributed by atoms with Crippen molar-refractivity contribution >= 4 is 35.2 Å². The fraction of sp³-hybridized carbons (Fsp3) is 0.250. The lowest BCUT2D eigenvalue weighted by Crippen LogP contribution is -2.24. The first kappa shape index (κ1) is 19.6. The average Bonchev–Trinajstić information content (AvgIpc) is 3.54. The number of anilines is 1. The molecule has 0 bridgehead atoms. The summed E-state index contributed by atoms with van der Waals surface area (Å²) >= 11 is 5.23. The van der Waals surface area contributed by atoms with Gasteiger partial charge in [-0.2, -0.15) is 5.10 Å². The van der Waals surface area contributed by atoms with Crippen LogP contribution in [-0.4, -0.2) is 31.5 Å². The number of para-hydroxylation sites is 2. The largest absolute Gasteiger partial charge is 0.495 e. The zero-order valence-corrected chi connectivity index (χ0v) is 16.4. The smallest absolute Gasteiger partial charge is 0.314 e. The van der Waals surface area contributed by atoms with Gasteiger partial charge in [0.25, 0.3) is 0 Å². The minimum absolute atomic E-state index is 0.0203. The van der Waals surface area contributed by atoms with E-state index in [0.717, 1.165) is 24.1 Å². The lowest BCUT2D eigenvalue weighted by Gasteiger charge is -2.11. The van der Waals surface area contributed by atoms with Crippen molar-refractivity contribution in [1.82, 2.24) is 5.43 Å². The summed E-state index contributed by atoms with van der Waals surface area (Å²) in [6, 6.07) is 12.6. The Bertz CT molecular complexity index is 897. The van der Waals surface area contributed by atoms with E-state index in [1.807, 2.05) is 24.3 Å². The molecule has 0 heterocycles. The number of nitrogens with zero attached hydrogens (tertiary/aromatic N) is 1. The molecule has 8 heteroatoms. The van der Waals surface area contributed by atoms with Gasteiger partial charge in [-0.05, 0) is 61.0 Å². The maximum absolute atomic E-state index is 11.8. The topological polar surface area (TPSA) is 81.2 Å². The van der Waals surface area contributed by atoms with Gasteiger partial charge in [0, 0.05) is 0 Å². The highest BCUT2D eigenvalue weighted by Crippen LogP contribution is 2.34. The van der Waals surface area contributed by atoms with E-state index in [9.17, 15) is 4.79 Å². The van der Waals surface area contributed by atoms with Crippen molar-refractivity contribution in [2.24, 2.45) is 11.0 Å². The van der Waals surface area contributed by atoms with E-state index in [0.29, 0.717) is 22.4 Å². The lowest BCUT2D eigenvalue weighted by atomic mass is 10.2. The van der Waals surface area contributed by atoms with Crippen molar-refractivity contribution in [2.75, 3.05) is 19.5 Å². The van der Waals surface area contributed by atoms with Gasteiger partial charge in [-0.3, -0.25) is 10.2 Å². The molecule has 2 aromatic carbocycles. The highest BCUT2D eigenvalue weighted by atomic mass is 32.1. The van der Waals surface area contributed by atoms with Crippen molar-refractivity contribution in [2.45, 2.75) is 12.8 Å². The molecule has 1 aliphatic carbocycles. The Balaban J connectivity index is 1.58. The Kier molecular flexibility index (Phi) is 6.44. The standard InChI is InChI=1S/C20H21N3O4S/c1-25-16-6-4-3-5-15(16)22-20(28)23-21-12-13-7-10-17(18(11-13)26-2)27-19(24)14-8-9-14/h3-7,10-12,14H,8-9H2,1-2H3,(H2,22,23,28)/b21-12-. The van der Waals surface area contributed by atoms with E-state index in [2.05, 4.69) is 15.8 Å². The van der Waals surface area contributed by atoms with Crippen molar-refractivity contribution in [1.29, 1.82) is 0 Å². The summed E-state index contributed by atoms with van der Waals surface area (Å²) in [4.78, 5) is 11.8. The summed E-state index contributed by atoms with van der Waals surface area (Å²) in [6.45, 7) is 0. The van der Waals surface area contributed by atoms with Crippen LogP contribution < -0.4 is 25.0 Å². The van der Waals surface area contributed by atoms with Gasteiger partial charge in [-0.15, -0.1) is 0 Å². The molecule has 0 unspecified atom stereocenters. The zero-order chi connectivity index (χ0) is 19.9. The van der Waals surface area contributed by atoms with Crippen LogP contribution in [0.1, 0.15) is 18.4 Å². The van der Waals surface area contributed by atoms with Gasteiger partial charge < -0.3 is 19.5 Å². The molecule has 0 aromatic heterocycles. The number of ether oxygens (including phenoxy) is 3. The number of thiocarbonyl (C=S) groups is 1. The second kappa shape index (κ2) is 9.18.